The van der Waals surface area contributed by atoms with Crippen molar-refractivity contribution in [1.82, 2.24) is 0 Å². The van der Waals surface area contributed by atoms with Crippen LogP contribution in [-0.4, -0.2) is 11.2 Å². The van der Waals surface area contributed by atoms with Crippen molar-refractivity contribution < 1.29 is 5.11 Å². The Morgan fingerprint density at radius 3 is 2.66 bits per heavy atom. The van der Waals surface area contributed by atoms with Gasteiger partial charge in [0.05, 0.1) is 6.10 Å². The monoisotopic (exact) mass is 394 g/mol. The fourth-order valence-corrected chi connectivity index (χ4v) is 7.23. The molecular weight excluding hydrogens is 352 g/mol. The smallest absolute Gasteiger partial charge is 0.0578 e. The molecule has 0 radical (unpaired) electrons. The Morgan fingerprint density at radius 1 is 1.17 bits per heavy atom. The number of aliphatic hydroxyl groups is 1. The molecule has 2 saturated carbocycles. The molecule has 0 amide bonds. The first-order chi connectivity index (χ1) is 13.7. The largest absolute Gasteiger partial charge is 0.393 e. The first kappa shape index (κ1) is 21.2. The standard InChI is InChI=1S/C28H42O/c1-18(2)19(3)7-8-20(4)24-11-12-25-23-10-9-21-17-22(29)13-15-27(21,5)26(23)14-16-28(24,25)6/h9-10,14,18,20,22,24-25,29H,3,7-8,11-13,15-17H2,1-2,4-6H3. The highest BCUT2D eigenvalue weighted by atomic mass is 16.3. The molecule has 0 aliphatic heterocycles. The van der Waals surface area contributed by atoms with Crippen LogP contribution in [0, 0.1) is 34.5 Å². The maximum Gasteiger partial charge on any atom is 0.0578 e. The van der Waals surface area contributed by atoms with Crippen molar-refractivity contribution in [3.8, 4) is 0 Å². The molecule has 4 aliphatic rings. The fourth-order valence-electron chi connectivity index (χ4n) is 7.23. The van der Waals surface area contributed by atoms with E-state index in [0.717, 1.165) is 31.1 Å². The zero-order chi connectivity index (χ0) is 21.0. The number of rotatable bonds is 5. The normalized spacial score (nSPS) is 39.7. The van der Waals surface area contributed by atoms with E-state index in [1.807, 2.05) is 0 Å². The van der Waals surface area contributed by atoms with Gasteiger partial charge in [-0.2, -0.15) is 0 Å². The number of hydrogen-bond donors (Lipinski definition) is 1. The Morgan fingerprint density at radius 2 is 1.93 bits per heavy atom. The summed E-state index contributed by atoms with van der Waals surface area (Å²) in [5.74, 6) is 2.91. The average molecular weight is 395 g/mol. The molecule has 6 unspecified atom stereocenters. The van der Waals surface area contributed by atoms with Gasteiger partial charge < -0.3 is 5.11 Å². The third-order valence-electron chi connectivity index (χ3n) is 9.47. The van der Waals surface area contributed by atoms with E-state index in [1.165, 1.54) is 43.3 Å². The summed E-state index contributed by atoms with van der Waals surface area (Å²) in [6.45, 7) is 16.4. The minimum absolute atomic E-state index is 0.143. The number of fused-ring (bicyclic) bond motifs is 5. The van der Waals surface area contributed by atoms with Crippen LogP contribution in [-0.2, 0) is 0 Å². The second kappa shape index (κ2) is 7.56. The lowest BCUT2D eigenvalue weighted by molar-refractivity contribution is 0.107. The summed E-state index contributed by atoms with van der Waals surface area (Å²) in [6, 6.07) is 0. The van der Waals surface area contributed by atoms with Gasteiger partial charge in [0, 0.05) is 5.41 Å². The molecule has 1 heteroatoms. The van der Waals surface area contributed by atoms with Crippen LogP contribution in [0.4, 0.5) is 0 Å². The summed E-state index contributed by atoms with van der Waals surface area (Å²) in [7, 11) is 0. The van der Waals surface area contributed by atoms with E-state index in [0.29, 0.717) is 17.3 Å². The van der Waals surface area contributed by atoms with E-state index in [4.69, 9.17) is 0 Å². The van der Waals surface area contributed by atoms with Crippen LogP contribution >= 0.6 is 0 Å². The predicted octanol–water partition coefficient (Wildman–Crippen LogP) is 7.40. The van der Waals surface area contributed by atoms with Gasteiger partial charge in [0.2, 0.25) is 0 Å². The van der Waals surface area contributed by atoms with Crippen molar-refractivity contribution >= 4 is 0 Å². The van der Waals surface area contributed by atoms with Crippen LogP contribution in [0.2, 0.25) is 0 Å². The van der Waals surface area contributed by atoms with Gasteiger partial charge in [-0.15, -0.1) is 0 Å². The van der Waals surface area contributed by atoms with Gasteiger partial charge in [0.25, 0.3) is 0 Å². The maximum atomic E-state index is 10.2. The summed E-state index contributed by atoms with van der Waals surface area (Å²) in [5, 5.41) is 10.2. The third kappa shape index (κ3) is 3.42. The maximum absolute atomic E-state index is 10.2. The highest BCUT2D eigenvalue weighted by molar-refractivity contribution is 5.53. The molecule has 1 N–H and O–H groups in total. The highest BCUT2D eigenvalue weighted by Gasteiger charge is 2.54. The van der Waals surface area contributed by atoms with Crippen LogP contribution in [0.1, 0.15) is 86.0 Å². The molecule has 29 heavy (non-hydrogen) atoms. The van der Waals surface area contributed by atoms with Gasteiger partial charge in [-0.05, 0) is 91.6 Å². The summed E-state index contributed by atoms with van der Waals surface area (Å²) >= 11 is 0. The van der Waals surface area contributed by atoms with Gasteiger partial charge in [-0.1, -0.05) is 70.6 Å². The second-order valence-electron chi connectivity index (χ2n) is 11.4. The molecule has 0 aromatic rings. The molecular formula is C28H42O. The van der Waals surface area contributed by atoms with E-state index < -0.39 is 0 Å². The van der Waals surface area contributed by atoms with Crippen molar-refractivity contribution in [3.63, 3.8) is 0 Å². The van der Waals surface area contributed by atoms with Crippen molar-refractivity contribution in [2.75, 3.05) is 0 Å². The molecule has 0 bridgehead atoms. The van der Waals surface area contributed by atoms with Crippen molar-refractivity contribution in [3.05, 3.63) is 47.1 Å². The SMILES string of the molecule is C=C(CCC(C)C1CCC2C3=CC=C4CC(O)CCC4(C)C3=CCC21C)C(C)C. The van der Waals surface area contributed by atoms with Gasteiger partial charge >= 0.3 is 0 Å². The van der Waals surface area contributed by atoms with E-state index >= 15 is 0 Å². The van der Waals surface area contributed by atoms with Crippen molar-refractivity contribution in [1.29, 1.82) is 0 Å². The molecule has 0 saturated heterocycles. The Bertz CT molecular complexity index is 765. The summed E-state index contributed by atoms with van der Waals surface area (Å²) in [4.78, 5) is 0. The first-order valence-corrected chi connectivity index (χ1v) is 12.1. The van der Waals surface area contributed by atoms with Crippen LogP contribution in [0.5, 0.6) is 0 Å². The number of aliphatic hydroxyl groups excluding tert-OH is 1. The zero-order valence-electron chi connectivity index (χ0n) is 19.4. The second-order valence-corrected chi connectivity index (χ2v) is 11.4. The van der Waals surface area contributed by atoms with E-state index in [-0.39, 0.29) is 11.5 Å². The van der Waals surface area contributed by atoms with E-state index in [9.17, 15) is 5.11 Å². The van der Waals surface area contributed by atoms with Crippen LogP contribution in [0.25, 0.3) is 0 Å². The first-order valence-electron chi connectivity index (χ1n) is 12.1. The summed E-state index contributed by atoms with van der Waals surface area (Å²) in [5.41, 5.74) is 6.72. The molecule has 0 aromatic heterocycles. The van der Waals surface area contributed by atoms with E-state index in [1.54, 1.807) is 11.1 Å². The lowest BCUT2D eigenvalue weighted by atomic mass is 9.54. The van der Waals surface area contributed by atoms with Crippen molar-refractivity contribution in [2.24, 2.45) is 34.5 Å². The van der Waals surface area contributed by atoms with Gasteiger partial charge in [0.1, 0.15) is 0 Å². The fraction of sp³-hybridized carbons (Fsp3) is 0.714. The molecule has 2 fully saturated rings. The van der Waals surface area contributed by atoms with E-state index in [2.05, 4.69) is 59.4 Å². The number of hydrogen-bond acceptors (Lipinski definition) is 1. The minimum Gasteiger partial charge on any atom is -0.393 e. The Balaban J connectivity index is 1.56. The molecule has 0 heterocycles. The van der Waals surface area contributed by atoms with Crippen LogP contribution in [0.3, 0.4) is 0 Å². The van der Waals surface area contributed by atoms with Gasteiger partial charge in [0.15, 0.2) is 0 Å². The van der Waals surface area contributed by atoms with Gasteiger partial charge in [-0.25, -0.2) is 0 Å². The zero-order valence-corrected chi connectivity index (χ0v) is 19.4. The van der Waals surface area contributed by atoms with Crippen LogP contribution in [0.15, 0.2) is 47.1 Å². The van der Waals surface area contributed by atoms with Crippen LogP contribution < -0.4 is 0 Å². The highest BCUT2D eigenvalue weighted by Crippen LogP contribution is 2.64. The summed E-state index contributed by atoms with van der Waals surface area (Å²) < 4.78 is 0. The van der Waals surface area contributed by atoms with Gasteiger partial charge in [-0.3, -0.25) is 0 Å². The molecule has 160 valence electrons. The Labute approximate surface area is 179 Å². The third-order valence-corrected chi connectivity index (χ3v) is 9.47. The molecule has 0 aromatic carbocycles. The predicted molar refractivity (Wildman–Crippen MR) is 124 cm³/mol. The lowest BCUT2D eigenvalue weighted by Crippen LogP contribution is -2.41. The molecule has 4 rings (SSSR count). The Hall–Kier alpha value is -1.08. The quantitative estimate of drug-likeness (QED) is 0.482. The number of allylic oxidation sites excluding steroid dienone is 6. The van der Waals surface area contributed by atoms with Crippen molar-refractivity contribution in [2.45, 2.75) is 92.1 Å². The molecule has 0 spiro atoms. The lowest BCUT2D eigenvalue weighted by Gasteiger charge is -2.50. The Kier molecular flexibility index (Phi) is 5.52. The topological polar surface area (TPSA) is 20.2 Å². The minimum atomic E-state index is -0.143. The molecule has 1 nitrogen and oxygen atoms in total. The summed E-state index contributed by atoms with van der Waals surface area (Å²) in [6.07, 6.45) is 16.6. The molecule has 6 atom stereocenters. The molecule has 4 aliphatic carbocycles. The average Bonchev–Trinajstić information content (AvgIpc) is 3.03.